The average Bonchev–Trinajstić information content (AvgIpc) is 2.90. The fourth-order valence-corrected chi connectivity index (χ4v) is 2.69. The lowest BCUT2D eigenvalue weighted by molar-refractivity contribution is 0.302. The van der Waals surface area contributed by atoms with E-state index in [4.69, 9.17) is 9.94 Å². The predicted molar refractivity (Wildman–Crippen MR) is 78.6 cm³/mol. The van der Waals surface area contributed by atoms with Crippen LogP contribution in [0.1, 0.15) is 28.7 Å². The van der Waals surface area contributed by atoms with Crippen LogP contribution in [-0.2, 0) is 13.0 Å². The molecule has 1 aliphatic carbocycles. The molecular weight excluding hydrogens is 269 g/mol. The summed E-state index contributed by atoms with van der Waals surface area (Å²) in [5.41, 5.74) is 4.56. The summed E-state index contributed by atoms with van der Waals surface area (Å²) in [6, 6.07) is 10.4. The molecule has 0 atom stereocenters. The Morgan fingerprint density at radius 2 is 2.10 bits per heavy atom. The van der Waals surface area contributed by atoms with Crippen molar-refractivity contribution in [2.24, 2.45) is 5.16 Å². The normalized spacial score (nSPS) is 15.2. The van der Waals surface area contributed by atoms with Crippen molar-refractivity contribution in [2.75, 3.05) is 0 Å². The van der Waals surface area contributed by atoms with E-state index in [2.05, 4.69) is 5.16 Å². The molecule has 21 heavy (non-hydrogen) atoms. The maximum absolute atomic E-state index is 13.1. The zero-order valence-corrected chi connectivity index (χ0v) is 11.8. The Labute approximate surface area is 122 Å². The van der Waals surface area contributed by atoms with Crippen LogP contribution in [0.2, 0.25) is 0 Å². The van der Waals surface area contributed by atoms with Crippen molar-refractivity contribution in [3.63, 3.8) is 0 Å². The first-order valence-electron chi connectivity index (χ1n) is 6.90. The largest absolute Gasteiger partial charge is 0.489 e. The number of halogens is 1. The van der Waals surface area contributed by atoms with Crippen LogP contribution in [-0.4, -0.2) is 10.9 Å². The minimum absolute atomic E-state index is 0.236. The van der Waals surface area contributed by atoms with Crippen LogP contribution in [0.4, 0.5) is 4.39 Å². The topological polar surface area (TPSA) is 41.8 Å². The molecule has 0 saturated heterocycles. The summed E-state index contributed by atoms with van der Waals surface area (Å²) in [5.74, 6) is 0.565. The summed E-state index contributed by atoms with van der Waals surface area (Å²) in [4.78, 5) is 0. The molecule has 2 aromatic rings. The van der Waals surface area contributed by atoms with Gasteiger partial charge in [-0.15, -0.1) is 0 Å². The lowest BCUT2D eigenvalue weighted by atomic mass is 10.1. The van der Waals surface area contributed by atoms with Crippen LogP contribution in [0.5, 0.6) is 5.75 Å². The molecule has 0 aliphatic heterocycles. The van der Waals surface area contributed by atoms with Gasteiger partial charge in [-0.1, -0.05) is 23.4 Å². The molecule has 0 spiro atoms. The highest BCUT2D eigenvalue weighted by molar-refractivity contribution is 6.04. The molecule has 3 rings (SSSR count). The number of hydrogen-bond acceptors (Lipinski definition) is 3. The molecule has 0 bridgehead atoms. The quantitative estimate of drug-likeness (QED) is 0.687. The fourth-order valence-electron chi connectivity index (χ4n) is 2.69. The van der Waals surface area contributed by atoms with Crippen LogP contribution in [0.15, 0.2) is 41.6 Å². The Balaban J connectivity index is 1.82. The summed E-state index contributed by atoms with van der Waals surface area (Å²) in [6.07, 6.45) is 1.54. The van der Waals surface area contributed by atoms with Crippen molar-refractivity contribution < 1.29 is 14.3 Å². The third-order valence-corrected chi connectivity index (χ3v) is 3.86. The van der Waals surface area contributed by atoms with Crippen molar-refractivity contribution in [3.8, 4) is 5.75 Å². The van der Waals surface area contributed by atoms with E-state index in [-0.39, 0.29) is 5.82 Å². The second kappa shape index (κ2) is 5.56. The van der Waals surface area contributed by atoms with E-state index in [1.165, 1.54) is 12.1 Å². The molecule has 0 aromatic heterocycles. The van der Waals surface area contributed by atoms with Crippen LogP contribution >= 0.6 is 0 Å². The van der Waals surface area contributed by atoms with Crippen molar-refractivity contribution in [1.29, 1.82) is 0 Å². The highest BCUT2D eigenvalue weighted by Gasteiger charge is 2.21. The smallest absolute Gasteiger partial charge is 0.123 e. The molecule has 2 aromatic carbocycles. The molecule has 0 unspecified atom stereocenters. The maximum atomic E-state index is 13.1. The van der Waals surface area contributed by atoms with E-state index >= 15 is 0 Å². The molecule has 4 heteroatoms. The molecule has 0 amide bonds. The molecule has 1 aliphatic rings. The van der Waals surface area contributed by atoms with Crippen molar-refractivity contribution in [2.45, 2.75) is 26.4 Å². The third kappa shape index (κ3) is 2.61. The number of rotatable bonds is 3. The first kappa shape index (κ1) is 13.6. The van der Waals surface area contributed by atoms with Gasteiger partial charge in [0.1, 0.15) is 18.2 Å². The van der Waals surface area contributed by atoms with E-state index in [9.17, 15) is 4.39 Å². The van der Waals surface area contributed by atoms with Crippen molar-refractivity contribution >= 4 is 5.71 Å². The average molecular weight is 285 g/mol. The Morgan fingerprint density at radius 1 is 1.24 bits per heavy atom. The van der Waals surface area contributed by atoms with Crippen LogP contribution < -0.4 is 4.74 Å². The van der Waals surface area contributed by atoms with E-state index in [1.807, 2.05) is 25.1 Å². The summed E-state index contributed by atoms with van der Waals surface area (Å²) in [6.45, 7) is 2.27. The Bertz CT molecular complexity index is 710. The second-order valence-corrected chi connectivity index (χ2v) is 5.19. The van der Waals surface area contributed by atoms with Gasteiger partial charge in [-0.25, -0.2) is 4.39 Å². The van der Waals surface area contributed by atoms with E-state index < -0.39 is 0 Å². The van der Waals surface area contributed by atoms with Gasteiger partial charge < -0.3 is 9.94 Å². The molecule has 0 saturated carbocycles. The van der Waals surface area contributed by atoms with Crippen molar-refractivity contribution in [3.05, 3.63) is 64.5 Å². The molecule has 1 N–H and O–H groups in total. The van der Waals surface area contributed by atoms with Gasteiger partial charge in [0, 0.05) is 11.1 Å². The summed E-state index contributed by atoms with van der Waals surface area (Å²) in [7, 11) is 0. The lowest BCUT2D eigenvalue weighted by Crippen LogP contribution is -2.01. The van der Waals surface area contributed by atoms with Gasteiger partial charge in [-0.3, -0.25) is 0 Å². The number of aryl methyl sites for hydroxylation is 1. The molecule has 0 heterocycles. The van der Waals surface area contributed by atoms with Crippen LogP contribution in [0.25, 0.3) is 0 Å². The second-order valence-electron chi connectivity index (χ2n) is 5.19. The van der Waals surface area contributed by atoms with Gasteiger partial charge in [0.15, 0.2) is 0 Å². The summed E-state index contributed by atoms with van der Waals surface area (Å²) in [5, 5.41) is 12.3. The molecule has 0 fully saturated rings. The SMILES string of the molecule is Cc1cc(F)ccc1COc1cccc2c1CC/C2=N\O. The maximum Gasteiger partial charge on any atom is 0.123 e. The predicted octanol–water partition coefficient (Wildman–Crippen LogP) is 3.84. The highest BCUT2D eigenvalue weighted by atomic mass is 19.1. The number of benzene rings is 2. The molecular formula is C17H16FNO2. The van der Waals surface area contributed by atoms with Gasteiger partial charge in [0.2, 0.25) is 0 Å². The zero-order valence-electron chi connectivity index (χ0n) is 11.8. The number of nitrogens with zero attached hydrogens (tertiary/aromatic N) is 1. The Hall–Kier alpha value is -2.36. The van der Waals surface area contributed by atoms with Gasteiger partial charge in [-0.2, -0.15) is 0 Å². The summed E-state index contributed by atoms with van der Waals surface area (Å²) < 4.78 is 19.0. The van der Waals surface area contributed by atoms with Crippen molar-refractivity contribution in [1.82, 2.24) is 0 Å². The first-order valence-corrected chi connectivity index (χ1v) is 6.90. The van der Waals surface area contributed by atoms with Crippen LogP contribution in [0, 0.1) is 12.7 Å². The van der Waals surface area contributed by atoms with Gasteiger partial charge in [0.05, 0.1) is 5.71 Å². The Kier molecular flexibility index (Phi) is 3.60. The molecule has 0 radical (unpaired) electrons. The fraction of sp³-hybridized carbons (Fsp3) is 0.235. The van der Waals surface area contributed by atoms with Gasteiger partial charge in [0.25, 0.3) is 0 Å². The van der Waals surface area contributed by atoms with Crippen LogP contribution in [0.3, 0.4) is 0 Å². The third-order valence-electron chi connectivity index (χ3n) is 3.86. The monoisotopic (exact) mass is 285 g/mol. The van der Waals surface area contributed by atoms with E-state index in [1.54, 1.807) is 6.07 Å². The van der Waals surface area contributed by atoms with Gasteiger partial charge >= 0.3 is 0 Å². The van der Waals surface area contributed by atoms with E-state index in [0.29, 0.717) is 12.3 Å². The minimum atomic E-state index is -0.236. The number of fused-ring (bicyclic) bond motifs is 1. The first-order chi connectivity index (χ1) is 10.2. The summed E-state index contributed by atoms with van der Waals surface area (Å²) >= 11 is 0. The zero-order chi connectivity index (χ0) is 14.8. The Morgan fingerprint density at radius 3 is 2.86 bits per heavy atom. The lowest BCUT2D eigenvalue weighted by Gasteiger charge is -2.12. The molecule has 3 nitrogen and oxygen atoms in total. The minimum Gasteiger partial charge on any atom is -0.489 e. The number of hydrogen-bond donors (Lipinski definition) is 1. The standard InChI is InChI=1S/C17H16FNO2/c1-11-9-13(18)6-5-12(11)10-21-17-4-2-3-14-15(17)7-8-16(14)19-20/h2-6,9,20H,7-8,10H2,1H3/b19-16+. The van der Waals surface area contributed by atoms with E-state index in [0.717, 1.165) is 40.8 Å². The molecule has 108 valence electrons. The number of oxime groups is 1. The highest BCUT2D eigenvalue weighted by Crippen LogP contribution is 2.31. The van der Waals surface area contributed by atoms with Gasteiger partial charge in [-0.05, 0) is 49.1 Å². The number of ether oxygens (including phenoxy) is 1.